The number of rotatable bonds is 18. The van der Waals surface area contributed by atoms with Crippen LogP contribution in [0.1, 0.15) is 86.5 Å². The van der Waals surface area contributed by atoms with Crippen LogP contribution < -0.4 is 103 Å². The van der Waals surface area contributed by atoms with Gasteiger partial charge in [-0.25, -0.2) is 0 Å². The van der Waals surface area contributed by atoms with Crippen molar-refractivity contribution in [1.29, 1.82) is 0 Å². The average Bonchev–Trinajstić information content (AvgIpc) is 3.58. The van der Waals surface area contributed by atoms with Crippen LogP contribution in [0.5, 0.6) is 0 Å². The molecule has 2 heterocycles. The van der Waals surface area contributed by atoms with E-state index in [1.54, 1.807) is 0 Å². The van der Waals surface area contributed by atoms with E-state index in [0.29, 0.717) is 172 Å². The maximum Gasteiger partial charge on any atom is 1.00 e. The average molecular weight is 1030 g/mol. The molecule has 0 spiro atoms. The summed E-state index contributed by atoms with van der Waals surface area (Å²) in [5.41, 5.74) is 8.53. The van der Waals surface area contributed by atoms with Gasteiger partial charge < -0.3 is 66.3 Å². The van der Waals surface area contributed by atoms with Gasteiger partial charge in [0.25, 0.3) is 0 Å². The number of aryl methyl sites for hydroxylation is 2. The van der Waals surface area contributed by atoms with Gasteiger partial charge in [-0.3, -0.25) is 0 Å². The second kappa shape index (κ2) is 42.3. The standard InChI is InChI=1S/C53H86O14.2K/c1-45-11-13-49-50-14-12-46(2)40-52(50)53(51(49)39-45,15-7-3-5-9-17-62-41-47-43-64-33-31-58-25-23-54-19-21-56-27-29-60-35-37-66-47)16-8-4-6-10-18-63-42-48-44-65-34-32-59-26-24-55-20-22-57-28-30-61-36-38-67-48;;/h11-14,39-40,47-48H,3-10,15-38,41-44H2,1-2H3;;/q;2*+1. The van der Waals surface area contributed by atoms with Crippen LogP contribution in [0.3, 0.4) is 0 Å². The Bertz CT molecular complexity index is 1390. The molecule has 382 valence electrons. The fourth-order valence-electron chi connectivity index (χ4n) is 8.81. The predicted molar refractivity (Wildman–Crippen MR) is 258 cm³/mol. The first-order valence-corrected chi connectivity index (χ1v) is 25.5. The molecule has 0 aromatic heterocycles. The summed E-state index contributed by atoms with van der Waals surface area (Å²) in [5.74, 6) is 0. The summed E-state index contributed by atoms with van der Waals surface area (Å²) in [6, 6.07) is 14.2. The van der Waals surface area contributed by atoms with Gasteiger partial charge in [-0.05, 0) is 61.8 Å². The molecule has 69 heavy (non-hydrogen) atoms. The number of hydrogen-bond acceptors (Lipinski definition) is 14. The molecule has 0 N–H and O–H groups in total. The van der Waals surface area contributed by atoms with Crippen LogP contribution in [0.25, 0.3) is 11.1 Å². The normalized spacial score (nSPS) is 21.5. The van der Waals surface area contributed by atoms with Crippen molar-refractivity contribution >= 4 is 0 Å². The zero-order valence-corrected chi connectivity index (χ0v) is 49.5. The fraction of sp³-hybridized carbons (Fsp3) is 0.774. The van der Waals surface area contributed by atoms with Crippen LogP contribution in [0.15, 0.2) is 36.4 Å². The Morgan fingerprint density at radius 2 is 0.696 bits per heavy atom. The Kier molecular flexibility index (Phi) is 39.5. The van der Waals surface area contributed by atoms with Crippen molar-refractivity contribution in [3.8, 4) is 11.1 Å². The third-order valence-corrected chi connectivity index (χ3v) is 12.3. The monoisotopic (exact) mass is 1020 g/mol. The molecular weight excluding hydrogens is 939 g/mol. The number of benzene rings is 2. The van der Waals surface area contributed by atoms with Crippen molar-refractivity contribution in [3.63, 3.8) is 0 Å². The van der Waals surface area contributed by atoms with Crippen LogP contribution in [0.4, 0.5) is 0 Å². The largest absolute Gasteiger partial charge is 1.00 e. The van der Waals surface area contributed by atoms with E-state index in [1.165, 1.54) is 59.1 Å². The van der Waals surface area contributed by atoms with E-state index in [9.17, 15) is 0 Å². The first kappa shape index (κ1) is 64.4. The molecule has 2 aromatic carbocycles. The van der Waals surface area contributed by atoms with Crippen molar-refractivity contribution in [3.05, 3.63) is 58.7 Å². The molecule has 14 nitrogen and oxygen atoms in total. The van der Waals surface area contributed by atoms with Crippen molar-refractivity contribution in [2.24, 2.45) is 0 Å². The Hall–Kier alpha value is 1.15. The van der Waals surface area contributed by atoms with Gasteiger partial charge in [-0.15, -0.1) is 0 Å². The minimum absolute atomic E-state index is 0. The van der Waals surface area contributed by atoms with Crippen LogP contribution >= 0.6 is 0 Å². The van der Waals surface area contributed by atoms with Crippen molar-refractivity contribution in [2.75, 3.05) is 172 Å². The zero-order chi connectivity index (χ0) is 46.7. The van der Waals surface area contributed by atoms with Crippen molar-refractivity contribution in [1.82, 2.24) is 0 Å². The smallest absolute Gasteiger partial charge is 0.379 e. The Morgan fingerprint density at radius 3 is 1.04 bits per heavy atom. The van der Waals surface area contributed by atoms with Crippen molar-refractivity contribution < 1.29 is 169 Å². The van der Waals surface area contributed by atoms with E-state index in [2.05, 4.69) is 50.2 Å². The maximum atomic E-state index is 6.16. The second-order valence-corrected chi connectivity index (χ2v) is 17.7. The number of ether oxygens (including phenoxy) is 14. The molecule has 3 aliphatic rings. The molecule has 5 rings (SSSR count). The molecule has 0 radical (unpaired) electrons. The van der Waals surface area contributed by atoms with E-state index < -0.39 is 0 Å². The number of unbranched alkanes of at least 4 members (excludes halogenated alkanes) is 6. The molecule has 16 heteroatoms. The molecule has 2 atom stereocenters. The Labute approximate surface area is 500 Å². The summed E-state index contributed by atoms with van der Waals surface area (Å²) in [4.78, 5) is 0. The summed E-state index contributed by atoms with van der Waals surface area (Å²) in [6.07, 6.45) is 10.9. The maximum absolute atomic E-state index is 6.16. The van der Waals surface area contributed by atoms with E-state index in [0.717, 1.165) is 38.5 Å². The molecule has 2 saturated heterocycles. The fourth-order valence-corrected chi connectivity index (χ4v) is 8.81. The Balaban J connectivity index is 0.00000630. The van der Waals surface area contributed by atoms with Gasteiger partial charge in [0, 0.05) is 18.6 Å². The predicted octanol–water partition coefficient (Wildman–Crippen LogP) is 1.48. The van der Waals surface area contributed by atoms with Gasteiger partial charge in [0.1, 0.15) is 12.2 Å². The van der Waals surface area contributed by atoms with E-state index in [-0.39, 0.29) is 120 Å². The van der Waals surface area contributed by atoms with E-state index in [1.807, 2.05) is 0 Å². The SMILES string of the molecule is Cc1ccc2c(c1)C(CCCCCCOCC1COCCOCCOCCOCCOCCO1)(CCCCCCOCC1COCCOCCOCCOCCOCCO1)c1cc(C)ccc1-2.[K+].[K+]. The third kappa shape index (κ3) is 27.2. The van der Waals surface area contributed by atoms with Gasteiger partial charge in [-0.2, -0.15) is 0 Å². The molecular formula is C53H86K2O14+2. The third-order valence-electron chi connectivity index (χ3n) is 12.3. The number of fused-ring (bicyclic) bond motifs is 3. The minimum atomic E-state index is -0.160. The quantitative estimate of drug-likeness (QED) is 0.158. The number of hydrogen-bond donors (Lipinski definition) is 0. The summed E-state index contributed by atoms with van der Waals surface area (Å²) in [5, 5.41) is 0. The summed E-state index contributed by atoms with van der Waals surface area (Å²) in [7, 11) is 0. The molecule has 2 aromatic rings. The van der Waals surface area contributed by atoms with Gasteiger partial charge in [0.05, 0.1) is 159 Å². The van der Waals surface area contributed by atoms with Gasteiger partial charge >= 0.3 is 103 Å². The second-order valence-electron chi connectivity index (χ2n) is 17.7. The molecule has 2 unspecified atom stereocenters. The molecule has 1 aliphatic carbocycles. The molecule has 2 fully saturated rings. The Morgan fingerprint density at radius 1 is 0.391 bits per heavy atom. The van der Waals surface area contributed by atoms with Crippen LogP contribution in [-0.4, -0.2) is 184 Å². The van der Waals surface area contributed by atoms with Gasteiger partial charge in [0.15, 0.2) is 0 Å². The van der Waals surface area contributed by atoms with Crippen LogP contribution in [0.2, 0.25) is 0 Å². The summed E-state index contributed by atoms with van der Waals surface area (Å²) < 4.78 is 81.0. The van der Waals surface area contributed by atoms with Crippen LogP contribution in [-0.2, 0) is 71.7 Å². The van der Waals surface area contributed by atoms with Crippen molar-refractivity contribution in [2.45, 2.75) is 95.7 Å². The summed E-state index contributed by atoms with van der Waals surface area (Å²) >= 11 is 0. The molecule has 0 bridgehead atoms. The van der Waals surface area contributed by atoms with E-state index >= 15 is 0 Å². The van der Waals surface area contributed by atoms with Gasteiger partial charge in [-0.1, -0.05) is 86.1 Å². The van der Waals surface area contributed by atoms with Gasteiger partial charge in [0.2, 0.25) is 0 Å². The molecule has 0 amide bonds. The molecule has 2 aliphatic heterocycles. The molecule has 0 saturated carbocycles. The summed E-state index contributed by atoms with van der Waals surface area (Å²) in [6.45, 7) is 18.2. The zero-order valence-electron chi connectivity index (χ0n) is 43.3. The van der Waals surface area contributed by atoms with Crippen LogP contribution in [0, 0.1) is 13.8 Å². The van der Waals surface area contributed by atoms with E-state index in [4.69, 9.17) is 66.3 Å². The minimum Gasteiger partial charge on any atom is -0.379 e. The first-order valence-electron chi connectivity index (χ1n) is 25.5. The topological polar surface area (TPSA) is 129 Å². The first-order chi connectivity index (χ1) is 33.2.